The van der Waals surface area contributed by atoms with Crippen LogP contribution in [0.5, 0.6) is 0 Å². The second-order valence-corrected chi connectivity index (χ2v) is 4.86. The van der Waals surface area contributed by atoms with Gasteiger partial charge in [0.15, 0.2) is 5.12 Å². The van der Waals surface area contributed by atoms with Gasteiger partial charge < -0.3 is 0 Å². The minimum Gasteiger partial charge on any atom is -0.288 e. The van der Waals surface area contributed by atoms with Crippen LogP contribution in [-0.2, 0) is 4.79 Å². The largest absolute Gasteiger partial charge is 0.288 e. The summed E-state index contributed by atoms with van der Waals surface area (Å²) in [5.41, 5.74) is 0. The first-order valence-electron chi connectivity index (χ1n) is 4.76. The molecule has 0 amide bonds. The maximum Gasteiger partial charge on any atom is 0.185 e. The lowest BCUT2D eigenvalue weighted by Crippen LogP contribution is -1.89. The van der Waals surface area contributed by atoms with Gasteiger partial charge in [-0.1, -0.05) is 44.9 Å². The van der Waals surface area contributed by atoms with Crippen molar-refractivity contribution in [2.75, 3.05) is 5.75 Å². The van der Waals surface area contributed by atoms with Crippen LogP contribution in [0.4, 0.5) is 0 Å². The maximum absolute atomic E-state index is 10.5. The molecule has 0 aliphatic heterocycles. The van der Waals surface area contributed by atoms with Crippen LogP contribution in [-0.4, -0.2) is 10.9 Å². The van der Waals surface area contributed by atoms with E-state index in [0.717, 1.165) is 11.7 Å². The van der Waals surface area contributed by atoms with Crippen molar-refractivity contribution in [1.29, 1.82) is 0 Å². The molecule has 0 spiro atoms. The summed E-state index contributed by atoms with van der Waals surface area (Å²) in [6.45, 7) is 6.15. The van der Waals surface area contributed by atoms with Crippen molar-refractivity contribution in [2.45, 2.75) is 46.5 Å². The van der Waals surface area contributed by atoms with E-state index in [2.05, 4.69) is 13.8 Å². The summed E-state index contributed by atoms with van der Waals surface area (Å²) in [7, 11) is 0. The number of hydrogen-bond acceptors (Lipinski definition) is 2. The van der Waals surface area contributed by atoms with Gasteiger partial charge in [-0.05, 0) is 12.3 Å². The Labute approximate surface area is 80.3 Å². The standard InChI is InChI=1S/C10H20OS/c1-9(2)7-5-4-6-8-12-10(3)11/h9H,4-8H2,1-3H3. The molecule has 0 saturated carbocycles. The normalized spacial score (nSPS) is 10.7. The lowest BCUT2D eigenvalue weighted by atomic mass is 10.1. The van der Waals surface area contributed by atoms with Gasteiger partial charge in [0.2, 0.25) is 0 Å². The summed E-state index contributed by atoms with van der Waals surface area (Å²) < 4.78 is 0. The number of unbranched alkanes of at least 4 members (excludes halogenated alkanes) is 2. The Hall–Kier alpha value is 0.0200. The van der Waals surface area contributed by atoms with Crippen molar-refractivity contribution >= 4 is 16.9 Å². The minimum absolute atomic E-state index is 0.249. The molecule has 0 bridgehead atoms. The van der Waals surface area contributed by atoms with Crippen LogP contribution in [0, 0.1) is 5.92 Å². The molecule has 2 heteroatoms. The molecule has 0 atom stereocenters. The van der Waals surface area contributed by atoms with Crippen LogP contribution >= 0.6 is 11.8 Å². The Morgan fingerprint density at radius 3 is 2.42 bits per heavy atom. The highest BCUT2D eigenvalue weighted by atomic mass is 32.2. The topological polar surface area (TPSA) is 17.1 Å². The van der Waals surface area contributed by atoms with Gasteiger partial charge in [0.25, 0.3) is 0 Å². The quantitative estimate of drug-likeness (QED) is 0.594. The fraction of sp³-hybridized carbons (Fsp3) is 0.900. The van der Waals surface area contributed by atoms with Gasteiger partial charge in [-0.15, -0.1) is 0 Å². The maximum atomic E-state index is 10.5. The second-order valence-electron chi connectivity index (χ2n) is 3.58. The SMILES string of the molecule is CC(=O)SCCCCCC(C)C. The number of carbonyl (C=O) groups is 1. The Morgan fingerprint density at radius 2 is 1.92 bits per heavy atom. The molecule has 0 heterocycles. The molecule has 0 saturated heterocycles. The van der Waals surface area contributed by atoms with E-state index < -0.39 is 0 Å². The number of thioether (sulfide) groups is 1. The molecule has 0 unspecified atom stereocenters. The molecular formula is C10H20OS. The third kappa shape index (κ3) is 10.0. The molecule has 0 aliphatic carbocycles. The van der Waals surface area contributed by atoms with Crippen molar-refractivity contribution in [3.05, 3.63) is 0 Å². The van der Waals surface area contributed by atoms with Gasteiger partial charge in [0.05, 0.1) is 0 Å². The van der Waals surface area contributed by atoms with Gasteiger partial charge in [-0.25, -0.2) is 0 Å². The fourth-order valence-electron chi connectivity index (χ4n) is 1.05. The van der Waals surface area contributed by atoms with E-state index in [1.54, 1.807) is 6.92 Å². The Bertz CT molecular complexity index is 121. The second kappa shape index (κ2) is 7.66. The van der Waals surface area contributed by atoms with Crippen molar-refractivity contribution in [3.63, 3.8) is 0 Å². The summed E-state index contributed by atoms with van der Waals surface area (Å²) in [6, 6.07) is 0. The predicted molar refractivity (Wildman–Crippen MR) is 56.4 cm³/mol. The zero-order valence-corrected chi connectivity index (χ0v) is 9.25. The van der Waals surface area contributed by atoms with E-state index in [4.69, 9.17) is 0 Å². The molecule has 0 radical (unpaired) electrons. The zero-order chi connectivity index (χ0) is 9.40. The van der Waals surface area contributed by atoms with Crippen molar-refractivity contribution in [2.24, 2.45) is 5.92 Å². The van der Waals surface area contributed by atoms with Gasteiger partial charge in [0.1, 0.15) is 0 Å². The fourth-order valence-corrected chi connectivity index (χ4v) is 1.68. The average molecular weight is 188 g/mol. The smallest absolute Gasteiger partial charge is 0.185 e. The summed E-state index contributed by atoms with van der Waals surface area (Å²) >= 11 is 1.45. The van der Waals surface area contributed by atoms with E-state index in [0.29, 0.717) is 0 Å². The molecule has 0 aromatic heterocycles. The Kier molecular flexibility index (Phi) is 7.67. The summed E-state index contributed by atoms with van der Waals surface area (Å²) in [5, 5.41) is 0.249. The molecular weight excluding hydrogens is 168 g/mol. The van der Waals surface area contributed by atoms with E-state index in [-0.39, 0.29) is 5.12 Å². The minimum atomic E-state index is 0.249. The van der Waals surface area contributed by atoms with Crippen molar-refractivity contribution in [3.8, 4) is 0 Å². The van der Waals surface area contributed by atoms with E-state index in [1.807, 2.05) is 0 Å². The van der Waals surface area contributed by atoms with Crippen LogP contribution in [0.1, 0.15) is 46.5 Å². The highest BCUT2D eigenvalue weighted by Crippen LogP contribution is 2.11. The monoisotopic (exact) mass is 188 g/mol. The summed E-state index contributed by atoms with van der Waals surface area (Å²) in [5.74, 6) is 1.83. The van der Waals surface area contributed by atoms with Crippen molar-refractivity contribution in [1.82, 2.24) is 0 Å². The molecule has 0 fully saturated rings. The van der Waals surface area contributed by atoms with Crippen LogP contribution < -0.4 is 0 Å². The number of rotatable bonds is 6. The van der Waals surface area contributed by atoms with E-state index in [1.165, 1.54) is 37.4 Å². The molecule has 1 nitrogen and oxygen atoms in total. The lowest BCUT2D eigenvalue weighted by Gasteiger charge is -2.02. The first kappa shape index (κ1) is 12.0. The number of carbonyl (C=O) groups excluding carboxylic acids is 1. The third-order valence-corrected chi connectivity index (χ3v) is 2.63. The van der Waals surface area contributed by atoms with Gasteiger partial charge in [-0.2, -0.15) is 0 Å². The van der Waals surface area contributed by atoms with E-state index in [9.17, 15) is 4.79 Å². The van der Waals surface area contributed by atoms with Crippen LogP contribution in [0.15, 0.2) is 0 Å². The highest BCUT2D eigenvalue weighted by molar-refractivity contribution is 8.13. The molecule has 0 aliphatic rings. The summed E-state index contributed by atoms with van der Waals surface area (Å²) in [6.07, 6.45) is 5.11. The van der Waals surface area contributed by atoms with Gasteiger partial charge in [-0.3, -0.25) is 4.79 Å². The highest BCUT2D eigenvalue weighted by Gasteiger charge is 1.96. The molecule has 0 N–H and O–H groups in total. The molecule has 0 aromatic carbocycles. The van der Waals surface area contributed by atoms with Gasteiger partial charge in [0, 0.05) is 12.7 Å². The van der Waals surface area contributed by atoms with Crippen molar-refractivity contribution < 1.29 is 4.79 Å². The van der Waals surface area contributed by atoms with E-state index >= 15 is 0 Å². The summed E-state index contributed by atoms with van der Waals surface area (Å²) in [4.78, 5) is 10.5. The van der Waals surface area contributed by atoms with Crippen LogP contribution in [0.25, 0.3) is 0 Å². The Morgan fingerprint density at radius 1 is 1.25 bits per heavy atom. The average Bonchev–Trinajstić information content (AvgIpc) is 1.95. The lowest BCUT2D eigenvalue weighted by molar-refractivity contribution is -0.109. The molecule has 0 rings (SSSR count). The van der Waals surface area contributed by atoms with Crippen LogP contribution in [0.3, 0.4) is 0 Å². The predicted octanol–water partition coefficient (Wildman–Crippen LogP) is 3.48. The molecule has 0 aromatic rings. The zero-order valence-electron chi connectivity index (χ0n) is 8.43. The Balaban J connectivity index is 2.96. The third-order valence-electron chi connectivity index (χ3n) is 1.73. The molecule has 12 heavy (non-hydrogen) atoms. The van der Waals surface area contributed by atoms with Crippen LogP contribution in [0.2, 0.25) is 0 Å². The first-order chi connectivity index (χ1) is 5.63. The number of hydrogen-bond donors (Lipinski definition) is 0. The molecule has 72 valence electrons. The first-order valence-corrected chi connectivity index (χ1v) is 5.75. The van der Waals surface area contributed by atoms with Gasteiger partial charge >= 0.3 is 0 Å².